The van der Waals surface area contributed by atoms with Crippen molar-refractivity contribution in [3.05, 3.63) is 70.2 Å². The number of amides is 1. The van der Waals surface area contributed by atoms with E-state index in [2.05, 4.69) is 21.3 Å². The Morgan fingerprint density at radius 3 is 2.78 bits per heavy atom. The number of anilines is 1. The quantitative estimate of drug-likeness (QED) is 0.634. The van der Waals surface area contributed by atoms with Crippen molar-refractivity contribution in [2.24, 2.45) is 0 Å². The second-order valence-corrected chi connectivity index (χ2v) is 7.94. The van der Waals surface area contributed by atoms with Crippen molar-refractivity contribution in [2.45, 2.75) is 19.4 Å². The molecule has 3 aromatic rings. The summed E-state index contributed by atoms with van der Waals surface area (Å²) in [6, 6.07) is 15.5. The van der Waals surface area contributed by atoms with Gasteiger partial charge in [0.2, 0.25) is 0 Å². The molecule has 4 rings (SSSR count). The van der Waals surface area contributed by atoms with E-state index in [9.17, 15) is 4.79 Å². The number of nitrogens with zero attached hydrogens (tertiary/aromatic N) is 2. The highest BCUT2D eigenvalue weighted by molar-refractivity contribution is 7.13. The zero-order valence-corrected chi connectivity index (χ0v) is 16.4. The SMILES string of the molecule is O=C(Nc1ccccc1CN1CCCC1)c1csc(-c2cccc(Cl)c2)n1. The Bertz CT molecular complexity index is 950. The van der Waals surface area contributed by atoms with E-state index in [4.69, 9.17) is 11.6 Å². The molecule has 1 N–H and O–H groups in total. The minimum Gasteiger partial charge on any atom is -0.320 e. The maximum absolute atomic E-state index is 12.7. The van der Waals surface area contributed by atoms with E-state index >= 15 is 0 Å². The summed E-state index contributed by atoms with van der Waals surface area (Å²) in [7, 11) is 0. The van der Waals surface area contributed by atoms with Crippen LogP contribution >= 0.6 is 22.9 Å². The predicted molar refractivity (Wildman–Crippen MR) is 111 cm³/mol. The Morgan fingerprint density at radius 1 is 1.15 bits per heavy atom. The van der Waals surface area contributed by atoms with Gasteiger partial charge in [-0.05, 0) is 49.7 Å². The second kappa shape index (κ2) is 8.21. The third-order valence-corrected chi connectivity index (χ3v) is 5.79. The zero-order chi connectivity index (χ0) is 18.6. The van der Waals surface area contributed by atoms with Crippen LogP contribution in [0.3, 0.4) is 0 Å². The maximum Gasteiger partial charge on any atom is 0.275 e. The molecule has 0 spiro atoms. The monoisotopic (exact) mass is 397 g/mol. The van der Waals surface area contributed by atoms with Crippen LogP contribution < -0.4 is 5.32 Å². The van der Waals surface area contributed by atoms with Crippen LogP contribution in [-0.4, -0.2) is 28.9 Å². The molecule has 2 heterocycles. The third kappa shape index (κ3) is 4.38. The van der Waals surface area contributed by atoms with Crippen molar-refractivity contribution in [1.82, 2.24) is 9.88 Å². The van der Waals surface area contributed by atoms with Crippen molar-refractivity contribution in [3.8, 4) is 10.6 Å². The number of nitrogens with one attached hydrogen (secondary N) is 1. The van der Waals surface area contributed by atoms with Crippen LogP contribution in [0.1, 0.15) is 28.9 Å². The molecule has 4 nitrogen and oxygen atoms in total. The summed E-state index contributed by atoms with van der Waals surface area (Å²) in [5, 5.41) is 6.26. The summed E-state index contributed by atoms with van der Waals surface area (Å²) in [5.74, 6) is -0.187. The summed E-state index contributed by atoms with van der Waals surface area (Å²) in [5.41, 5.74) is 3.33. The lowest BCUT2D eigenvalue weighted by molar-refractivity contribution is 0.102. The van der Waals surface area contributed by atoms with Crippen molar-refractivity contribution in [1.29, 1.82) is 0 Å². The maximum atomic E-state index is 12.7. The number of para-hydroxylation sites is 1. The van der Waals surface area contributed by atoms with E-state index < -0.39 is 0 Å². The number of hydrogen-bond acceptors (Lipinski definition) is 4. The fraction of sp³-hybridized carbons (Fsp3) is 0.238. The smallest absolute Gasteiger partial charge is 0.275 e. The van der Waals surface area contributed by atoms with Gasteiger partial charge in [-0.15, -0.1) is 11.3 Å². The van der Waals surface area contributed by atoms with Gasteiger partial charge in [-0.1, -0.05) is 41.9 Å². The minimum absolute atomic E-state index is 0.187. The first-order chi connectivity index (χ1) is 13.2. The Morgan fingerprint density at radius 2 is 1.96 bits per heavy atom. The van der Waals surface area contributed by atoms with Crippen molar-refractivity contribution in [3.63, 3.8) is 0 Å². The van der Waals surface area contributed by atoms with E-state index in [0.717, 1.165) is 41.5 Å². The van der Waals surface area contributed by atoms with Crippen molar-refractivity contribution < 1.29 is 4.79 Å². The summed E-state index contributed by atoms with van der Waals surface area (Å²) in [6.45, 7) is 3.11. The lowest BCUT2D eigenvalue weighted by Gasteiger charge is -2.17. The van der Waals surface area contributed by atoms with Crippen LogP contribution in [0.25, 0.3) is 10.6 Å². The average Bonchev–Trinajstić information content (AvgIpc) is 3.35. The van der Waals surface area contributed by atoms with Gasteiger partial charge in [0.05, 0.1) is 0 Å². The molecule has 1 aliphatic rings. The molecule has 1 aliphatic heterocycles. The molecular formula is C21H20ClN3OS. The molecule has 27 heavy (non-hydrogen) atoms. The largest absolute Gasteiger partial charge is 0.320 e. The molecule has 0 radical (unpaired) electrons. The lowest BCUT2D eigenvalue weighted by Crippen LogP contribution is -2.20. The highest BCUT2D eigenvalue weighted by Crippen LogP contribution is 2.27. The molecule has 0 saturated carbocycles. The van der Waals surface area contributed by atoms with E-state index in [-0.39, 0.29) is 5.91 Å². The van der Waals surface area contributed by atoms with E-state index in [1.807, 2.05) is 42.5 Å². The number of thiazole rings is 1. The summed E-state index contributed by atoms with van der Waals surface area (Å²) in [4.78, 5) is 19.6. The van der Waals surface area contributed by atoms with Crippen LogP contribution in [0.2, 0.25) is 5.02 Å². The predicted octanol–water partition coefficient (Wildman–Crippen LogP) is 5.31. The molecule has 1 fully saturated rings. The Kier molecular flexibility index (Phi) is 5.53. The van der Waals surface area contributed by atoms with E-state index in [1.54, 1.807) is 5.38 Å². The molecule has 2 aromatic carbocycles. The molecule has 1 amide bonds. The Labute approximate surface area is 167 Å². The fourth-order valence-electron chi connectivity index (χ4n) is 3.28. The Hall–Kier alpha value is -2.21. The van der Waals surface area contributed by atoms with Gasteiger partial charge in [-0.25, -0.2) is 4.98 Å². The van der Waals surface area contributed by atoms with Crippen LogP contribution in [-0.2, 0) is 6.54 Å². The number of benzene rings is 2. The van der Waals surface area contributed by atoms with Gasteiger partial charge in [0.25, 0.3) is 5.91 Å². The average molecular weight is 398 g/mol. The van der Waals surface area contributed by atoms with Gasteiger partial charge in [0.15, 0.2) is 0 Å². The van der Waals surface area contributed by atoms with Gasteiger partial charge in [0, 0.05) is 28.2 Å². The topological polar surface area (TPSA) is 45.2 Å². The number of aromatic nitrogens is 1. The van der Waals surface area contributed by atoms with Gasteiger partial charge in [-0.2, -0.15) is 0 Å². The van der Waals surface area contributed by atoms with Crippen LogP contribution in [0.4, 0.5) is 5.69 Å². The number of rotatable bonds is 5. The van der Waals surface area contributed by atoms with Crippen LogP contribution in [0, 0.1) is 0 Å². The minimum atomic E-state index is -0.187. The fourth-order valence-corrected chi connectivity index (χ4v) is 4.27. The Balaban J connectivity index is 1.50. The molecule has 6 heteroatoms. The van der Waals surface area contributed by atoms with Crippen molar-refractivity contribution >= 4 is 34.5 Å². The molecule has 138 valence electrons. The zero-order valence-electron chi connectivity index (χ0n) is 14.8. The first-order valence-corrected chi connectivity index (χ1v) is 10.3. The van der Waals surface area contributed by atoms with Crippen LogP contribution in [0.5, 0.6) is 0 Å². The van der Waals surface area contributed by atoms with Gasteiger partial charge in [0.1, 0.15) is 10.7 Å². The number of carbonyl (C=O) groups is 1. The van der Waals surface area contributed by atoms with Crippen LogP contribution in [0.15, 0.2) is 53.9 Å². The van der Waals surface area contributed by atoms with Gasteiger partial charge < -0.3 is 5.32 Å². The number of likely N-dealkylation sites (tertiary alicyclic amines) is 1. The first-order valence-electron chi connectivity index (χ1n) is 9.02. The molecule has 0 aliphatic carbocycles. The summed E-state index contributed by atoms with van der Waals surface area (Å²) < 4.78 is 0. The molecule has 0 bridgehead atoms. The second-order valence-electron chi connectivity index (χ2n) is 6.64. The number of carbonyl (C=O) groups excluding carboxylic acids is 1. The lowest BCUT2D eigenvalue weighted by atomic mass is 10.1. The van der Waals surface area contributed by atoms with Gasteiger partial charge in [-0.3, -0.25) is 9.69 Å². The van der Waals surface area contributed by atoms with E-state index in [0.29, 0.717) is 10.7 Å². The molecule has 1 aromatic heterocycles. The summed E-state index contributed by atoms with van der Waals surface area (Å²) in [6.07, 6.45) is 2.50. The summed E-state index contributed by atoms with van der Waals surface area (Å²) >= 11 is 7.49. The number of halogens is 1. The first kappa shape index (κ1) is 18.2. The standard InChI is InChI=1S/C21H20ClN3OS/c22-17-8-5-7-15(12-17)21-24-19(14-27-21)20(26)23-18-9-2-1-6-16(18)13-25-10-3-4-11-25/h1-2,5-9,12,14H,3-4,10-11,13H2,(H,23,26). The highest BCUT2D eigenvalue weighted by Gasteiger charge is 2.16. The molecular weight excluding hydrogens is 378 g/mol. The van der Waals surface area contributed by atoms with Gasteiger partial charge >= 0.3 is 0 Å². The molecule has 0 unspecified atom stereocenters. The van der Waals surface area contributed by atoms with Crippen molar-refractivity contribution in [2.75, 3.05) is 18.4 Å². The third-order valence-electron chi connectivity index (χ3n) is 4.67. The number of hydrogen-bond donors (Lipinski definition) is 1. The molecule has 1 saturated heterocycles. The highest BCUT2D eigenvalue weighted by atomic mass is 35.5. The normalized spacial score (nSPS) is 14.4. The van der Waals surface area contributed by atoms with E-state index in [1.165, 1.54) is 24.2 Å². The molecule has 0 atom stereocenters.